The van der Waals surface area contributed by atoms with Crippen molar-refractivity contribution in [2.24, 2.45) is 0 Å². The molecule has 0 saturated carbocycles. The van der Waals surface area contributed by atoms with Gasteiger partial charge in [-0.2, -0.15) is 0 Å². The number of nitrogens with zero attached hydrogens (tertiary/aromatic N) is 2. The largest absolute Gasteiger partial charge is 0.331 e. The average Bonchev–Trinajstić information content (AvgIpc) is 2.71. The van der Waals surface area contributed by atoms with Crippen molar-refractivity contribution in [3.63, 3.8) is 0 Å². The predicted molar refractivity (Wildman–Crippen MR) is 105 cm³/mol. The standard InChI is InChI=1S/C18H20N4O7S/c1-13-2-8-16(9-3-13)30(28,29)20-18(24)21(11-10-17(23)19-25)12-14-4-6-15(7-5-14)22(26)27/h2-9,25H,10-12H2,1H3,(H,19,23)(H,20,24). The topological polar surface area (TPSA) is 159 Å². The number of benzene rings is 2. The maximum absolute atomic E-state index is 12.6. The molecule has 11 nitrogen and oxygen atoms in total. The number of aryl methyl sites for hydroxylation is 1. The minimum absolute atomic E-state index is 0.107. The van der Waals surface area contributed by atoms with Crippen molar-refractivity contribution < 1.29 is 28.1 Å². The average molecular weight is 436 g/mol. The summed E-state index contributed by atoms with van der Waals surface area (Å²) < 4.78 is 26.9. The Balaban J connectivity index is 2.19. The Kier molecular flexibility index (Phi) is 7.44. The molecule has 3 amide bonds. The summed E-state index contributed by atoms with van der Waals surface area (Å²) in [6.07, 6.45) is -0.290. The number of amides is 3. The molecule has 2 rings (SSSR count). The molecule has 0 unspecified atom stereocenters. The quantitative estimate of drug-likeness (QED) is 0.322. The molecular weight excluding hydrogens is 416 g/mol. The molecule has 0 saturated heterocycles. The van der Waals surface area contributed by atoms with E-state index >= 15 is 0 Å². The van der Waals surface area contributed by atoms with E-state index in [1.165, 1.54) is 41.9 Å². The maximum Gasteiger partial charge on any atom is 0.331 e. The third-order valence-electron chi connectivity index (χ3n) is 4.09. The van der Waals surface area contributed by atoms with Crippen molar-refractivity contribution in [3.05, 3.63) is 69.8 Å². The number of nitro benzene ring substituents is 1. The summed E-state index contributed by atoms with van der Waals surface area (Å²) in [4.78, 5) is 35.1. The van der Waals surface area contributed by atoms with Crippen LogP contribution in [0.4, 0.5) is 10.5 Å². The monoisotopic (exact) mass is 436 g/mol. The number of nitrogens with one attached hydrogen (secondary N) is 2. The number of carbonyl (C=O) groups excluding carboxylic acids is 2. The summed E-state index contributed by atoms with van der Waals surface area (Å²) in [5.41, 5.74) is 2.61. The SMILES string of the molecule is Cc1ccc(S(=O)(=O)NC(=O)N(CCC(=O)NO)Cc2ccc([N+](=O)[O-])cc2)cc1. The first-order chi connectivity index (χ1) is 14.1. The molecule has 0 aliphatic carbocycles. The number of hydrogen-bond acceptors (Lipinski definition) is 7. The lowest BCUT2D eigenvalue weighted by Gasteiger charge is -2.23. The number of nitro groups is 1. The molecule has 0 bridgehead atoms. The van der Waals surface area contributed by atoms with Gasteiger partial charge in [0.15, 0.2) is 0 Å². The smallest absolute Gasteiger partial charge is 0.319 e. The molecule has 2 aromatic rings. The van der Waals surface area contributed by atoms with E-state index in [4.69, 9.17) is 5.21 Å². The van der Waals surface area contributed by atoms with Crippen LogP contribution in [-0.4, -0.2) is 41.9 Å². The Hall–Kier alpha value is -3.51. The fourth-order valence-corrected chi connectivity index (χ4v) is 3.42. The molecule has 2 aromatic carbocycles. The van der Waals surface area contributed by atoms with Crippen molar-refractivity contribution in [3.8, 4) is 0 Å². The van der Waals surface area contributed by atoms with E-state index in [1.807, 2.05) is 4.72 Å². The zero-order valence-electron chi connectivity index (χ0n) is 15.9. The lowest BCUT2D eigenvalue weighted by Crippen LogP contribution is -2.43. The number of hydrogen-bond donors (Lipinski definition) is 3. The summed E-state index contributed by atoms with van der Waals surface area (Å²) in [5, 5.41) is 19.4. The van der Waals surface area contributed by atoms with E-state index in [-0.39, 0.29) is 30.1 Å². The second kappa shape index (κ2) is 9.80. The molecule has 160 valence electrons. The first kappa shape index (κ1) is 22.8. The summed E-state index contributed by atoms with van der Waals surface area (Å²) in [5.74, 6) is -0.766. The number of carbonyl (C=O) groups is 2. The number of sulfonamides is 1. The minimum Gasteiger partial charge on any atom is -0.319 e. The van der Waals surface area contributed by atoms with Crippen LogP contribution in [0.25, 0.3) is 0 Å². The minimum atomic E-state index is -4.16. The fraction of sp³-hybridized carbons (Fsp3) is 0.222. The Morgan fingerprint density at radius 3 is 2.23 bits per heavy atom. The molecule has 0 aromatic heterocycles. The van der Waals surface area contributed by atoms with Crippen LogP contribution in [0.15, 0.2) is 53.4 Å². The van der Waals surface area contributed by atoms with E-state index < -0.39 is 26.9 Å². The lowest BCUT2D eigenvalue weighted by atomic mass is 10.2. The molecule has 12 heteroatoms. The van der Waals surface area contributed by atoms with E-state index in [0.29, 0.717) is 5.56 Å². The second-order valence-electron chi connectivity index (χ2n) is 6.35. The second-order valence-corrected chi connectivity index (χ2v) is 8.04. The van der Waals surface area contributed by atoms with Crippen molar-refractivity contribution in [1.82, 2.24) is 15.1 Å². The Morgan fingerprint density at radius 2 is 1.70 bits per heavy atom. The zero-order chi connectivity index (χ0) is 22.3. The van der Waals surface area contributed by atoms with Gasteiger partial charge in [-0.15, -0.1) is 0 Å². The summed E-state index contributed by atoms with van der Waals surface area (Å²) in [6, 6.07) is 10.2. The van der Waals surface area contributed by atoms with Crippen LogP contribution in [0, 0.1) is 17.0 Å². The van der Waals surface area contributed by atoms with Gasteiger partial charge < -0.3 is 4.90 Å². The highest BCUT2D eigenvalue weighted by Gasteiger charge is 2.23. The van der Waals surface area contributed by atoms with Crippen molar-refractivity contribution in [2.45, 2.75) is 24.8 Å². The molecular formula is C18H20N4O7S. The van der Waals surface area contributed by atoms with Gasteiger partial charge in [-0.3, -0.25) is 20.1 Å². The molecule has 3 N–H and O–H groups in total. The molecule has 0 heterocycles. The molecule has 0 spiro atoms. The van der Waals surface area contributed by atoms with Gasteiger partial charge in [0, 0.05) is 31.6 Å². The summed E-state index contributed by atoms with van der Waals surface area (Å²) in [6.45, 7) is 1.46. The normalized spacial score (nSPS) is 10.9. The van der Waals surface area contributed by atoms with Crippen LogP contribution in [0.3, 0.4) is 0 Å². The molecule has 30 heavy (non-hydrogen) atoms. The maximum atomic E-state index is 12.6. The lowest BCUT2D eigenvalue weighted by molar-refractivity contribution is -0.384. The van der Waals surface area contributed by atoms with Crippen molar-refractivity contribution in [1.29, 1.82) is 0 Å². The highest BCUT2D eigenvalue weighted by Crippen LogP contribution is 2.15. The van der Waals surface area contributed by atoms with Gasteiger partial charge in [0.1, 0.15) is 0 Å². The van der Waals surface area contributed by atoms with Crippen LogP contribution >= 0.6 is 0 Å². The van der Waals surface area contributed by atoms with Gasteiger partial charge in [-0.1, -0.05) is 29.8 Å². The summed E-state index contributed by atoms with van der Waals surface area (Å²) in [7, 11) is -4.16. The van der Waals surface area contributed by atoms with Gasteiger partial charge in [-0.25, -0.2) is 23.4 Å². The van der Waals surface area contributed by atoms with Crippen molar-refractivity contribution in [2.75, 3.05) is 6.54 Å². The van der Waals surface area contributed by atoms with E-state index in [2.05, 4.69) is 0 Å². The molecule has 0 aliphatic heterocycles. The van der Waals surface area contributed by atoms with Gasteiger partial charge in [0.05, 0.1) is 9.82 Å². The van der Waals surface area contributed by atoms with Gasteiger partial charge in [0.2, 0.25) is 5.91 Å². The molecule has 0 fully saturated rings. The molecule has 0 atom stereocenters. The number of hydroxylamine groups is 1. The first-order valence-corrected chi connectivity index (χ1v) is 10.2. The van der Waals surface area contributed by atoms with Crippen LogP contribution in [0.2, 0.25) is 0 Å². The van der Waals surface area contributed by atoms with Gasteiger partial charge >= 0.3 is 6.03 Å². The third-order valence-corrected chi connectivity index (χ3v) is 5.43. The number of urea groups is 1. The van der Waals surface area contributed by atoms with Gasteiger partial charge in [0.25, 0.3) is 15.7 Å². The fourth-order valence-electron chi connectivity index (χ4n) is 2.44. The highest BCUT2D eigenvalue weighted by atomic mass is 32.2. The Bertz CT molecular complexity index is 1020. The third kappa shape index (κ3) is 6.25. The van der Waals surface area contributed by atoms with Crippen molar-refractivity contribution >= 4 is 27.6 Å². The first-order valence-electron chi connectivity index (χ1n) is 8.67. The van der Waals surface area contributed by atoms with Crippen LogP contribution in [-0.2, 0) is 21.4 Å². The Morgan fingerprint density at radius 1 is 1.10 bits per heavy atom. The Labute approximate surface area is 172 Å². The van der Waals surface area contributed by atoms with Crippen LogP contribution in [0.1, 0.15) is 17.5 Å². The predicted octanol–water partition coefficient (Wildman–Crippen LogP) is 1.70. The van der Waals surface area contributed by atoms with Crippen LogP contribution in [0.5, 0.6) is 0 Å². The zero-order valence-corrected chi connectivity index (χ0v) is 16.8. The summed E-state index contributed by atoms with van der Waals surface area (Å²) >= 11 is 0. The van der Waals surface area contributed by atoms with E-state index in [1.54, 1.807) is 19.1 Å². The van der Waals surface area contributed by atoms with E-state index in [9.17, 15) is 28.1 Å². The number of non-ortho nitro benzene ring substituents is 1. The highest BCUT2D eigenvalue weighted by molar-refractivity contribution is 7.90. The van der Waals surface area contributed by atoms with Crippen LogP contribution < -0.4 is 10.2 Å². The molecule has 0 aliphatic rings. The van der Waals surface area contributed by atoms with Gasteiger partial charge in [-0.05, 0) is 24.6 Å². The van der Waals surface area contributed by atoms with E-state index in [0.717, 1.165) is 10.5 Å². The number of rotatable bonds is 8. The molecule has 0 radical (unpaired) electrons.